The Kier molecular flexibility index (Phi) is 3.49. The molecule has 0 radical (unpaired) electrons. The summed E-state index contributed by atoms with van der Waals surface area (Å²) in [5, 5.41) is 12.5. The number of hydrogen-bond acceptors (Lipinski definition) is 4. The highest BCUT2D eigenvalue weighted by Crippen LogP contribution is 2.16. The smallest absolute Gasteiger partial charge is 0.256 e. The predicted molar refractivity (Wildman–Crippen MR) is 64.5 cm³/mol. The van der Waals surface area contributed by atoms with Crippen molar-refractivity contribution in [1.29, 1.82) is 0 Å². The maximum atomic E-state index is 11.8. The molecule has 0 saturated carbocycles. The molecule has 1 unspecified atom stereocenters. The first-order valence-corrected chi connectivity index (χ1v) is 5.78. The number of ether oxygens (including phenoxy) is 1. The second kappa shape index (κ2) is 4.91. The molecule has 6 heteroatoms. The van der Waals surface area contributed by atoms with E-state index in [0.717, 1.165) is 0 Å². The Morgan fingerprint density at radius 1 is 1.67 bits per heavy atom. The van der Waals surface area contributed by atoms with Gasteiger partial charge in [-0.3, -0.25) is 9.59 Å². The zero-order valence-electron chi connectivity index (χ0n) is 10.2. The van der Waals surface area contributed by atoms with Crippen LogP contribution in [0, 0.1) is 6.92 Å². The summed E-state index contributed by atoms with van der Waals surface area (Å²) in [6.07, 6.45) is 1.86. The topological polar surface area (TPSA) is 91.4 Å². The van der Waals surface area contributed by atoms with E-state index in [1.165, 1.54) is 12.3 Å². The molecule has 3 N–H and O–H groups in total. The van der Waals surface area contributed by atoms with Crippen LogP contribution in [-0.4, -0.2) is 41.4 Å². The quantitative estimate of drug-likeness (QED) is 0.680. The fourth-order valence-corrected chi connectivity index (χ4v) is 1.83. The lowest BCUT2D eigenvalue weighted by Crippen LogP contribution is -2.44. The van der Waals surface area contributed by atoms with Crippen molar-refractivity contribution in [3.05, 3.63) is 33.7 Å². The van der Waals surface area contributed by atoms with Crippen LogP contribution in [0.3, 0.4) is 0 Å². The van der Waals surface area contributed by atoms with Crippen molar-refractivity contribution in [2.45, 2.75) is 18.9 Å². The number of carbonyl (C=O) groups is 1. The third-order valence-corrected chi connectivity index (χ3v) is 2.96. The Bertz CT molecular complexity index is 503. The molecule has 1 amide bonds. The largest absolute Gasteiger partial charge is 0.386 e. The zero-order valence-corrected chi connectivity index (χ0v) is 10.2. The van der Waals surface area contributed by atoms with E-state index in [4.69, 9.17) is 4.74 Å². The van der Waals surface area contributed by atoms with E-state index >= 15 is 0 Å². The first kappa shape index (κ1) is 12.8. The van der Waals surface area contributed by atoms with Gasteiger partial charge in [-0.05, 0) is 6.92 Å². The molecule has 0 bridgehead atoms. The molecule has 1 aliphatic rings. The maximum absolute atomic E-state index is 11.8. The monoisotopic (exact) mass is 252 g/mol. The van der Waals surface area contributed by atoms with E-state index < -0.39 is 11.5 Å². The van der Waals surface area contributed by atoms with Crippen molar-refractivity contribution < 1.29 is 14.6 Å². The van der Waals surface area contributed by atoms with Crippen molar-refractivity contribution >= 4 is 5.91 Å². The fraction of sp³-hybridized carbons (Fsp3) is 0.500. The Labute approximate surface area is 104 Å². The van der Waals surface area contributed by atoms with Gasteiger partial charge < -0.3 is 20.1 Å². The third kappa shape index (κ3) is 2.77. The van der Waals surface area contributed by atoms with Gasteiger partial charge in [0, 0.05) is 37.5 Å². The van der Waals surface area contributed by atoms with Crippen LogP contribution in [0.25, 0.3) is 0 Å². The van der Waals surface area contributed by atoms with Gasteiger partial charge in [0.2, 0.25) is 0 Å². The fourth-order valence-electron chi connectivity index (χ4n) is 1.83. The highest BCUT2D eigenvalue weighted by Gasteiger charge is 2.32. The van der Waals surface area contributed by atoms with Gasteiger partial charge in [-0.1, -0.05) is 0 Å². The average Bonchev–Trinajstić information content (AvgIpc) is 2.74. The van der Waals surface area contributed by atoms with Crippen molar-refractivity contribution in [3.63, 3.8) is 0 Å². The lowest BCUT2D eigenvalue weighted by Gasteiger charge is -2.20. The number of carbonyl (C=O) groups excluding carboxylic acids is 1. The second-order valence-corrected chi connectivity index (χ2v) is 4.60. The lowest BCUT2D eigenvalue weighted by molar-refractivity contribution is 0.0264. The van der Waals surface area contributed by atoms with E-state index in [0.29, 0.717) is 18.7 Å². The van der Waals surface area contributed by atoms with Crippen molar-refractivity contribution in [1.82, 2.24) is 10.3 Å². The van der Waals surface area contributed by atoms with Crippen LogP contribution in [-0.2, 0) is 4.74 Å². The molecule has 1 aliphatic heterocycles. The van der Waals surface area contributed by atoms with Crippen LogP contribution in [0.1, 0.15) is 22.5 Å². The number of pyridine rings is 1. The number of rotatable bonds is 3. The van der Waals surface area contributed by atoms with E-state index in [-0.39, 0.29) is 24.1 Å². The summed E-state index contributed by atoms with van der Waals surface area (Å²) in [5.74, 6) is -0.489. The summed E-state index contributed by atoms with van der Waals surface area (Å²) in [6, 6.07) is 1.36. The minimum absolute atomic E-state index is 0.0446. The van der Waals surface area contributed by atoms with Crippen LogP contribution in [0.4, 0.5) is 0 Å². The van der Waals surface area contributed by atoms with Gasteiger partial charge in [0.05, 0.1) is 6.61 Å². The number of aromatic amines is 1. The molecule has 1 aromatic heterocycles. The van der Waals surface area contributed by atoms with Crippen molar-refractivity contribution in [2.75, 3.05) is 19.8 Å². The number of aryl methyl sites for hydroxylation is 1. The number of aromatic nitrogens is 1. The van der Waals surface area contributed by atoms with E-state index in [1.807, 2.05) is 0 Å². The minimum Gasteiger partial charge on any atom is -0.386 e. The summed E-state index contributed by atoms with van der Waals surface area (Å²) in [6.45, 7) is 2.51. The Balaban J connectivity index is 2.01. The summed E-state index contributed by atoms with van der Waals surface area (Å²) < 4.78 is 5.07. The number of H-pyrrole nitrogens is 1. The van der Waals surface area contributed by atoms with Gasteiger partial charge in [-0.15, -0.1) is 0 Å². The van der Waals surface area contributed by atoms with Gasteiger partial charge in [0.1, 0.15) is 11.2 Å². The van der Waals surface area contributed by atoms with Crippen molar-refractivity contribution in [3.8, 4) is 0 Å². The molecule has 6 nitrogen and oxygen atoms in total. The van der Waals surface area contributed by atoms with Crippen LogP contribution in [0.2, 0.25) is 0 Å². The Morgan fingerprint density at radius 2 is 2.44 bits per heavy atom. The minimum atomic E-state index is -1.02. The highest BCUT2D eigenvalue weighted by atomic mass is 16.5. The molecule has 1 atom stereocenters. The van der Waals surface area contributed by atoms with Gasteiger partial charge in [0.25, 0.3) is 5.91 Å². The van der Waals surface area contributed by atoms with Crippen LogP contribution in [0.15, 0.2) is 17.1 Å². The number of nitrogens with one attached hydrogen (secondary N) is 2. The predicted octanol–water partition coefficient (Wildman–Crippen LogP) is -0.435. The molecule has 2 rings (SSSR count). The summed E-state index contributed by atoms with van der Waals surface area (Å²) >= 11 is 0. The van der Waals surface area contributed by atoms with E-state index in [9.17, 15) is 14.7 Å². The SMILES string of the molecule is Cc1cc(=O)c(C(=O)NCC2(O)CCOC2)c[nH]1. The molecule has 98 valence electrons. The lowest BCUT2D eigenvalue weighted by atomic mass is 10.0. The normalized spacial score (nSPS) is 23.0. The first-order chi connectivity index (χ1) is 8.50. The zero-order chi connectivity index (χ0) is 13.2. The Hall–Kier alpha value is -1.66. The molecule has 2 heterocycles. The number of hydrogen-bond donors (Lipinski definition) is 3. The summed E-state index contributed by atoms with van der Waals surface area (Å²) in [7, 11) is 0. The second-order valence-electron chi connectivity index (χ2n) is 4.60. The van der Waals surface area contributed by atoms with E-state index in [2.05, 4.69) is 10.3 Å². The molecular weight excluding hydrogens is 236 g/mol. The molecule has 0 spiro atoms. The Morgan fingerprint density at radius 3 is 3.06 bits per heavy atom. The van der Waals surface area contributed by atoms with Crippen LogP contribution in [0.5, 0.6) is 0 Å². The summed E-state index contributed by atoms with van der Waals surface area (Å²) in [5.41, 5.74) is -0.617. The third-order valence-electron chi connectivity index (χ3n) is 2.96. The molecule has 0 aromatic carbocycles. The van der Waals surface area contributed by atoms with Gasteiger partial charge in [-0.25, -0.2) is 0 Å². The maximum Gasteiger partial charge on any atom is 0.256 e. The molecule has 18 heavy (non-hydrogen) atoms. The van der Waals surface area contributed by atoms with Gasteiger partial charge in [-0.2, -0.15) is 0 Å². The first-order valence-electron chi connectivity index (χ1n) is 5.78. The highest BCUT2D eigenvalue weighted by molar-refractivity contribution is 5.93. The van der Waals surface area contributed by atoms with Crippen molar-refractivity contribution in [2.24, 2.45) is 0 Å². The van der Waals surface area contributed by atoms with Gasteiger partial charge >= 0.3 is 0 Å². The molecule has 1 saturated heterocycles. The summed E-state index contributed by atoms with van der Waals surface area (Å²) in [4.78, 5) is 26.2. The standard InChI is InChI=1S/C12H16N2O4/c1-8-4-10(15)9(5-13-8)11(16)14-6-12(17)2-3-18-7-12/h4-5,17H,2-3,6-7H2,1H3,(H,13,15)(H,14,16). The number of amides is 1. The molecule has 1 fully saturated rings. The van der Waals surface area contributed by atoms with Crippen LogP contribution >= 0.6 is 0 Å². The molecule has 0 aliphatic carbocycles. The van der Waals surface area contributed by atoms with Crippen LogP contribution < -0.4 is 10.7 Å². The van der Waals surface area contributed by atoms with Gasteiger partial charge in [0.15, 0.2) is 5.43 Å². The molecule has 1 aromatic rings. The number of aliphatic hydroxyl groups is 1. The van der Waals surface area contributed by atoms with E-state index in [1.54, 1.807) is 6.92 Å². The average molecular weight is 252 g/mol. The molecular formula is C12H16N2O4.